The molecule has 9 heavy (non-hydrogen) atoms. The standard InChI is InChI=1S/C6H13IN2/c7-9-5-3-1-2-4-6(9)8/h6H,1-5,8H2/t6-/m1/s1. The maximum atomic E-state index is 5.80. The quantitative estimate of drug-likeness (QED) is 0.513. The third kappa shape index (κ3) is 2.39. The van der Waals surface area contributed by atoms with E-state index in [9.17, 15) is 0 Å². The van der Waals surface area contributed by atoms with E-state index >= 15 is 0 Å². The summed E-state index contributed by atoms with van der Waals surface area (Å²) in [7, 11) is 0. The third-order valence-corrected chi connectivity index (χ3v) is 2.93. The summed E-state index contributed by atoms with van der Waals surface area (Å²) in [4.78, 5) is 0. The molecular formula is C6H13IN2. The molecule has 0 amide bonds. The van der Waals surface area contributed by atoms with Gasteiger partial charge in [0.1, 0.15) is 0 Å². The van der Waals surface area contributed by atoms with Gasteiger partial charge >= 0.3 is 0 Å². The predicted octanol–water partition coefficient (Wildman–Crippen LogP) is 1.50. The van der Waals surface area contributed by atoms with Crippen LogP contribution in [0.15, 0.2) is 0 Å². The van der Waals surface area contributed by atoms with E-state index in [0.29, 0.717) is 6.17 Å². The van der Waals surface area contributed by atoms with Crippen molar-refractivity contribution in [1.29, 1.82) is 0 Å². The van der Waals surface area contributed by atoms with Gasteiger partial charge in [-0.1, -0.05) is 12.8 Å². The zero-order chi connectivity index (χ0) is 6.69. The Kier molecular flexibility index (Phi) is 3.21. The third-order valence-electron chi connectivity index (χ3n) is 1.73. The molecule has 0 radical (unpaired) electrons. The fourth-order valence-electron chi connectivity index (χ4n) is 1.10. The van der Waals surface area contributed by atoms with Crippen LogP contribution in [0, 0.1) is 0 Å². The van der Waals surface area contributed by atoms with Crippen LogP contribution in [-0.4, -0.2) is 15.8 Å². The predicted molar refractivity (Wildman–Crippen MR) is 47.2 cm³/mol. The van der Waals surface area contributed by atoms with E-state index < -0.39 is 0 Å². The molecule has 1 fully saturated rings. The highest BCUT2D eigenvalue weighted by Crippen LogP contribution is 2.16. The van der Waals surface area contributed by atoms with Crippen LogP contribution in [0.25, 0.3) is 0 Å². The van der Waals surface area contributed by atoms with E-state index in [0.717, 1.165) is 0 Å². The Hall–Kier alpha value is 0.650. The van der Waals surface area contributed by atoms with Crippen LogP contribution in [0.4, 0.5) is 0 Å². The van der Waals surface area contributed by atoms with Gasteiger partial charge in [0, 0.05) is 29.4 Å². The molecule has 0 aromatic carbocycles. The Morgan fingerprint density at radius 3 is 2.89 bits per heavy atom. The molecule has 0 spiro atoms. The lowest BCUT2D eigenvalue weighted by molar-refractivity contribution is 0.395. The second-order valence-electron chi connectivity index (χ2n) is 2.54. The maximum absolute atomic E-state index is 5.80. The van der Waals surface area contributed by atoms with E-state index in [1.54, 1.807) is 0 Å². The molecule has 0 aromatic rings. The van der Waals surface area contributed by atoms with Gasteiger partial charge in [0.15, 0.2) is 0 Å². The number of rotatable bonds is 0. The van der Waals surface area contributed by atoms with E-state index in [2.05, 4.69) is 26.0 Å². The number of nitrogens with zero attached hydrogens (tertiary/aromatic N) is 1. The van der Waals surface area contributed by atoms with E-state index in [1.165, 1.54) is 32.2 Å². The Morgan fingerprint density at radius 2 is 2.11 bits per heavy atom. The van der Waals surface area contributed by atoms with Crippen molar-refractivity contribution in [3.8, 4) is 0 Å². The second-order valence-corrected chi connectivity index (χ2v) is 3.78. The van der Waals surface area contributed by atoms with Crippen molar-refractivity contribution in [2.75, 3.05) is 6.54 Å². The molecular weight excluding hydrogens is 227 g/mol. The van der Waals surface area contributed by atoms with E-state index in [-0.39, 0.29) is 0 Å². The Labute approximate surface area is 70.3 Å². The normalized spacial score (nSPS) is 32.0. The van der Waals surface area contributed by atoms with Crippen LogP contribution in [-0.2, 0) is 0 Å². The second kappa shape index (κ2) is 3.73. The summed E-state index contributed by atoms with van der Waals surface area (Å²) in [5.74, 6) is 0. The van der Waals surface area contributed by atoms with Crippen LogP contribution in [0.1, 0.15) is 25.7 Å². The average Bonchev–Trinajstić information content (AvgIpc) is 1.99. The first-order valence-electron chi connectivity index (χ1n) is 3.49. The van der Waals surface area contributed by atoms with Crippen LogP contribution in [0.2, 0.25) is 0 Å². The molecule has 0 bridgehead atoms. The zero-order valence-electron chi connectivity index (χ0n) is 5.52. The van der Waals surface area contributed by atoms with Crippen LogP contribution in [0.5, 0.6) is 0 Å². The van der Waals surface area contributed by atoms with Gasteiger partial charge in [-0.25, -0.2) is 3.11 Å². The van der Waals surface area contributed by atoms with Crippen molar-refractivity contribution >= 4 is 22.9 Å². The topological polar surface area (TPSA) is 29.3 Å². The van der Waals surface area contributed by atoms with Crippen molar-refractivity contribution in [1.82, 2.24) is 3.11 Å². The fraction of sp³-hybridized carbons (Fsp3) is 1.00. The number of nitrogens with two attached hydrogens (primary N) is 1. The van der Waals surface area contributed by atoms with Crippen LogP contribution < -0.4 is 5.73 Å². The van der Waals surface area contributed by atoms with Gasteiger partial charge in [0.25, 0.3) is 0 Å². The number of hydrogen-bond donors (Lipinski definition) is 1. The fourth-order valence-corrected chi connectivity index (χ4v) is 1.72. The van der Waals surface area contributed by atoms with Crippen molar-refractivity contribution in [2.24, 2.45) is 5.73 Å². The van der Waals surface area contributed by atoms with Gasteiger partial charge < -0.3 is 5.73 Å². The summed E-state index contributed by atoms with van der Waals surface area (Å²) in [5, 5.41) is 0. The molecule has 1 heterocycles. The molecule has 0 aliphatic carbocycles. The highest BCUT2D eigenvalue weighted by molar-refractivity contribution is 14.1. The lowest BCUT2D eigenvalue weighted by Gasteiger charge is -2.17. The minimum atomic E-state index is 0.313. The summed E-state index contributed by atoms with van der Waals surface area (Å²) in [6.45, 7) is 1.17. The SMILES string of the molecule is N[C@H]1CCCCCN1I. The van der Waals surface area contributed by atoms with Gasteiger partial charge in [-0.05, 0) is 12.8 Å². The molecule has 3 heteroatoms. The smallest absolute Gasteiger partial charge is 0.0663 e. The molecule has 0 saturated carbocycles. The lowest BCUT2D eigenvalue weighted by atomic mass is 10.2. The van der Waals surface area contributed by atoms with Gasteiger partial charge in [0.2, 0.25) is 0 Å². The van der Waals surface area contributed by atoms with E-state index in [1.807, 2.05) is 0 Å². The zero-order valence-corrected chi connectivity index (χ0v) is 7.67. The molecule has 2 nitrogen and oxygen atoms in total. The number of hydrogen-bond acceptors (Lipinski definition) is 2. The van der Waals surface area contributed by atoms with Gasteiger partial charge in [-0.3, -0.25) is 0 Å². The maximum Gasteiger partial charge on any atom is 0.0663 e. The molecule has 1 aliphatic rings. The minimum absolute atomic E-state index is 0.313. The molecule has 1 rings (SSSR count). The molecule has 1 aliphatic heterocycles. The summed E-state index contributed by atoms with van der Waals surface area (Å²) < 4.78 is 2.21. The Morgan fingerprint density at radius 1 is 1.33 bits per heavy atom. The first-order chi connectivity index (χ1) is 4.30. The summed E-state index contributed by atoms with van der Waals surface area (Å²) >= 11 is 2.32. The highest BCUT2D eigenvalue weighted by atomic mass is 127. The first-order valence-corrected chi connectivity index (χ1v) is 4.45. The Bertz CT molecular complexity index is 77.1. The summed E-state index contributed by atoms with van der Waals surface area (Å²) in [6.07, 6.45) is 5.46. The van der Waals surface area contributed by atoms with Crippen molar-refractivity contribution in [2.45, 2.75) is 31.8 Å². The number of halogens is 1. The Balaban J connectivity index is 2.32. The first kappa shape index (κ1) is 7.75. The molecule has 54 valence electrons. The average molecular weight is 240 g/mol. The van der Waals surface area contributed by atoms with Gasteiger partial charge in [-0.15, -0.1) is 0 Å². The molecule has 0 unspecified atom stereocenters. The molecule has 1 atom stereocenters. The van der Waals surface area contributed by atoms with Crippen LogP contribution >= 0.6 is 22.9 Å². The van der Waals surface area contributed by atoms with Gasteiger partial charge in [0.05, 0.1) is 6.17 Å². The van der Waals surface area contributed by atoms with Crippen molar-refractivity contribution in [3.05, 3.63) is 0 Å². The van der Waals surface area contributed by atoms with Crippen LogP contribution in [0.3, 0.4) is 0 Å². The van der Waals surface area contributed by atoms with E-state index in [4.69, 9.17) is 5.73 Å². The summed E-state index contributed by atoms with van der Waals surface area (Å²) in [6, 6.07) is 0. The van der Waals surface area contributed by atoms with Crippen molar-refractivity contribution < 1.29 is 0 Å². The van der Waals surface area contributed by atoms with Crippen molar-refractivity contribution in [3.63, 3.8) is 0 Å². The lowest BCUT2D eigenvalue weighted by Crippen LogP contribution is -2.33. The molecule has 2 N–H and O–H groups in total. The monoisotopic (exact) mass is 240 g/mol. The summed E-state index contributed by atoms with van der Waals surface area (Å²) in [5.41, 5.74) is 5.80. The molecule has 1 saturated heterocycles. The largest absolute Gasteiger partial charge is 0.315 e. The van der Waals surface area contributed by atoms with Gasteiger partial charge in [-0.2, -0.15) is 0 Å². The molecule has 0 aromatic heterocycles. The highest BCUT2D eigenvalue weighted by Gasteiger charge is 2.13. The minimum Gasteiger partial charge on any atom is -0.315 e.